The zero-order valence-corrected chi connectivity index (χ0v) is 7.78. The number of nitrogens with zero attached hydrogens (tertiary/aromatic N) is 1. The van der Waals surface area contributed by atoms with Crippen molar-refractivity contribution in [3.8, 4) is 0 Å². The minimum absolute atomic E-state index is 0.283. The van der Waals surface area contributed by atoms with Crippen molar-refractivity contribution in [1.29, 1.82) is 0 Å². The minimum Gasteiger partial charge on any atom is -0.301 e. The topological polar surface area (TPSA) is 29.4 Å². The Bertz CT molecular complexity index is 438. The first-order valence-electron chi connectivity index (χ1n) is 3.60. The van der Waals surface area contributed by atoms with E-state index in [1.165, 1.54) is 0 Å². The predicted octanol–water partition coefficient (Wildman–Crippen LogP) is 0.430. The molecule has 0 radical (unpaired) electrons. The summed E-state index contributed by atoms with van der Waals surface area (Å²) in [6, 6.07) is 5.52. The van der Waals surface area contributed by atoms with Gasteiger partial charge in [-0.1, -0.05) is 22.0 Å². The fourth-order valence-electron chi connectivity index (χ4n) is 1.22. The summed E-state index contributed by atoms with van der Waals surface area (Å²) in [6.07, 6.45) is 2.70. The molecule has 2 rings (SSSR count). The third-order valence-corrected chi connectivity index (χ3v) is 2.26. The lowest BCUT2D eigenvalue weighted by atomic mass is 10.2. The van der Waals surface area contributed by atoms with Gasteiger partial charge in [0.15, 0.2) is 0 Å². The fourth-order valence-corrected chi connectivity index (χ4v) is 1.57. The molecule has 60 valence electrons. The van der Waals surface area contributed by atoms with Crippen molar-refractivity contribution >= 4 is 28.3 Å². The van der Waals surface area contributed by atoms with Gasteiger partial charge < -0.3 is 4.79 Å². The highest BCUT2D eigenvalue weighted by atomic mass is 79.9. The molecule has 0 saturated heterocycles. The highest BCUT2D eigenvalue weighted by Gasteiger charge is 2.05. The molecule has 12 heavy (non-hydrogen) atoms. The van der Waals surface area contributed by atoms with Crippen LogP contribution in [0.5, 0.6) is 0 Å². The largest absolute Gasteiger partial charge is 0.301 e. The first-order valence-corrected chi connectivity index (χ1v) is 4.39. The SMILES string of the molecule is O=C[C@@H]1C=c2ccc(Br)cc2=N1. The van der Waals surface area contributed by atoms with Gasteiger partial charge in [0.1, 0.15) is 12.3 Å². The Morgan fingerprint density at radius 1 is 1.50 bits per heavy atom. The number of carbonyl (C=O) groups excluding carboxylic acids is 1. The van der Waals surface area contributed by atoms with Crippen LogP contribution >= 0.6 is 15.9 Å². The zero-order valence-electron chi connectivity index (χ0n) is 6.20. The number of carbonyl (C=O) groups is 1. The van der Waals surface area contributed by atoms with E-state index in [4.69, 9.17) is 0 Å². The van der Waals surface area contributed by atoms with Gasteiger partial charge in [-0.3, -0.25) is 4.99 Å². The van der Waals surface area contributed by atoms with Gasteiger partial charge >= 0.3 is 0 Å². The van der Waals surface area contributed by atoms with Crippen molar-refractivity contribution in [3.63, 3.8) is 0 Å². The van der Waals surface area contributed by atoms with Gasteiger partial charge in [-0.05, 0) is 23.4 Å². The van der Waals surface area contributed by atoms with E-state index >= 15 is 0 Å². The second kappa shape index (κ2) is 2.83. The number of fused-ring (bicyclic) bond motifs is 1. The Hall–Kier alpha value is -0.960. The molecule has 1 aromatic carbocycles. The van der Waals surface area contributed by atoms with Gasteiger partial charge in [0.05, 0.1) is 5.36 Å². The van der Waals surface area contributed by atoms with E-state index < -0.39 is 0 Å². The quantitative estimate of drug-likeness (QED) is 0.636. The van der Waals surface area contributed by atoms with Crippen molar-refractivity contribution in [2.75, 3.05) is 0 Å². The molecule has 0 bridgehead atoms. The van der Waals surface area contributed by atoms with Crippen LogP contribution in [0.15, 0.2) is 27.7 Å². The minimum atomic E-state index is -0.283. The lowest BCUT2D eigenvalue weighted by Crippen LogP contribution is -2.20. The summed E-state index contributed by atoms with van der Waals surface area (Å²) < 4.78 is 0.991. The third-order valence-electron chi connectivity index (χ3n) is 1.77. The van der Waals surface area contributed by atoms with E-state index in [9.17, 15) is 4.79 Å². The second-order valence-electron chi connectivity index (χ2n) is 2.63. The molecular weight excluding hydrogens is 218 g/mol. The van der Waals surface area contributed by atoms with Crippen LogP contribution in [0.2, 0.25) is 0 Å². The lowest BCUT2D eigenvalue weighted by molar-refractivity contribution is -0.107. The molecule has 0 spiro atoms. The second-order valence-corrected chi connectivity index (χ2v) is 3.54. The van der Waals surface area contributed by atoms with Crippen molar-refractivity contribution in [2.24, 2.45) is 4.99 Å². The lowest BCUT2D eigenvalue weighted by Gasteiger charge is -1.86. The molecule has 1 aromatic rings. The molecule has 0 saturated carbocycles. The normalized spacial score (nSPS) is 19.2. The molecule has 1 aliphatic heterocycles. The molecule has 3 heteroatoms. The Balaban J connectivity index is 2.69. The molecule has 0 amide bonds. The van der Waals surface area contributed by atoms with Gasteiger partial charge in [-0.2, -0.15) is 0 Å². The van der Waals surface area contributed by atoms with Gasteiger partial charge in [0.25, 0.3) is 0 Å². The molecule has 1 atom stereocenters. The molecule has 0 N–H and O–H groups in total. The Labute approximate surface area is 77.8 Å². The first-order chi connectivity index (χ1) is 5.79. The van der Waals surface area contributed by atoms with Gasteiger partial charge in [0, 0.05) is 4.47 Å². The van der Waals surface area contributed by atoms with Crippen molar-refractivity contribution in [3.05, 3.63) is 33.2 Å². The maximum Gasteiger partial charge on any atom is 0.148 e. The maximum atomic E-state index is 10.4. The number of halogens is 1. The highest BCUT2D eigenvalue weighted by Crippen LogP contribution is 2.03. The van der Waals surface area contributed by atoms with Crippen molar-refractivity contribution in [2.45, 2.75) is 6.04 Å². The van der Waals surface area contributed by atoms with Crippen molar-refractivity contribution < 1.29 is 4.79 Å². The van der Waals surface area contributed by atoms with Gasteiger partial charge in [-0.15, -0.1) is 0 Å². The fraction of sp³-hybridized carbons (Fsp3) is 0.111. The molecule has 0 aliphatic carbocycles. The van der Waals surface area contributed by atoms with E-state index in [1.54, 1.807) is 0 Å². The van der Waals surface area contributed by atoms with Crippen LogP contribution in [0, 0.1) is 0 Å². The maximum absolute atomic E-state index is 10.4. The summed E-state index contributed by atoms with van der Waals surface area (Å²) >= 11 is 3.34. The summed E-state index contributed by atoms with van der Waals surface area (Å²) in [6.45, 7) is 0. The summed E-state index contributed by atoms with van der Waals surface area (Å²) in [7, 11) is 0. The number of benzene rings is 1. The zero-order chi connectivity index (χ0) is 8.55. The third kappa shape index (κ3) is 1.20. The summed E-state index contributed by atoms with van der Waals surface area (Å²) in [5, 5.41) is 1.93. The smallest absolute Gasteiger partial charge is 0.148 e. The van der Waals surface area contributed by atoms with Crippen LogP contribution in [0.3, 0.4) is 0 Å². The molecule has 0 fully saturated rings. The number of aldehydes is 1. The first kappa shape index (κ1) is 7.68. The molecule has 0 aromatic heterocycles. The molecule has 1 heterocycles. The van der Waals surface area contributed by atoms with Crippen LogP contribution in [0.4, 0.5) is 0 Å². The summed E-state index contributed by atoms with van der Waals surface area (Å²) in [4.78, 5) is 14.6. The summed E-state index contributed by atoms with van der Waals surface area (Å²) in [5.41, 5.74) is 0. The van der Waals surface area contributed by atoms with E-state index in [1.807, 2.05) is 24.3 Å². The molecule has 0 unspecified atom stereocenters. The van der Waals surface area contributed by atoms with Gasteiger partial charge in [0.2, 0.25) is 0 Å². The Morgan fingerprint density at radius 2 is 2.33 bits per heavy atom. The molecule has 2 nitrogen and oxygen atoms in total. The average molecular weight is 224 g/mol. The van der Waals surface area contributed by atoms with Gasteiger partial charge in [-0.25, -0.2) is 0 Å². The average Bonchev–Trinajstić information content (AvgIpc) is 2.46. The van der Waals surface area contributed by atoms with E-state index in [0.717, 1.165) is 21.3 Å². The van der Waals surface area contributed by atoms with Crippen LogP contribution in [0.1, 0.15) is 0 Å². The van der Waals surface area contributed by atoms with Crippen LogP contribution in [0.25, 0.3) is 6.08 Å². The predicted molar refractivity (Wildman–Crippen MR) is 49.2 cm³/mol. The Morgan fingerprint density at radius 3 is 3.08 bits per heavy atom. The molecular formula is C9H6BrNO. The van der Waals surface area contributed by atoms with E-state index in [0.29, 0.717) is 0 Å². The number of hydrogen-bond acceptors (Lipinski definition) is 2. The highest BCUT2D eigenvalue weighted by molar-refractivity contribution is 9.10. The monoisotopic (exact) mass is 223 g/mol. The molecule has 1 aliphatic rings. The standard InChI is InChI=1S/C9H6BrNO/c10-7-2-1-6-3-8(5-12)11-9(6)4-7/h1-5,8H/t8-/m0/s1. The Kier molecular flexibility index (Phi) is 1.81. The van der Waals surface area contributed by atoms with E-state index in [2.05, 4.69) is 20.9 Å². The van der Waals surface area contributed by atoms with Crippen LogP contribution in [-0.4, -0.2) is 12.3 Å². The number of rotatable bonds is 1. The van der Waals surface area contributed by atoms with Crippen LogP contribution in [-0.2, 0) is 4.79 Å². The van der Waals surface area contributed by atoms with Crippen LogP contribution < -0.4 is 10.6 Å². The van der Waals surface area contributed by atoms with Crippen molar-refractivity contribution in [1.82, 2.24) is 0 Å². The van der Waals surface area contributed by atoms with E-state index in [-0.39, 0.29) is 6.04 Å². The number of hydrogen-bond donors (Lipinski definition) is 0. The summed E-state index contributed by atoms with van der Waals surface area (Å²) in [5.74, 6) is 0.